The molecule has 2 rings (SSSR count). The first-order chi connectivity index (χ1) is 9.61. The highest BCUT2D eigenvalue weighted by molar-refractivity contribution is 8.00. The van der Waals surface area contributed by atoms with Gasteiger partial charge in [0.2, 0.25) is 5.91 Å². The molecule has 1 aliphatic heterocycles. The highest BCUT2D eigenvalue weighted by atomic mass is 32.2. The fraction of sp³-hybridized carbons (Fsp3) is 0.500. The second kappa shape index (κ2) is 6.73. The van der Waals surface area contributed by atoms with Gasteiger partial charge in [-0.3, -0.25) is 4.79 Å². The first kappa shape index (κ1) is 14.8. The van der Waals surface area contributed by atoms with E-state index in [1.165, 1.54) is 11.8 Å². The van der Waals surface area contributed by atoms with E-state index in [4.69, 9.17) is 4.74 Å². The topological polar surface area (TPSA) is 66.2 Å². The number of nitrogens with zero attached hydrogens (tertiary/aromatic N) is 3. The maximum absolute atomic E-state index is 12.1. The number of ether oxygens (including phenoxy) is 1. The van der Waals surface area contributed by atoms with Gasteiger partial charge in [0, 0.05) is 18.8 Å². The van der Waals surface area contributed by atoms with Gasteiger partial charge in [-0.15, -0.1) is 0 Å². The van der Waals surface area contributed by atoms with E-state index < -0.39 is 0 Å². The molecule has 106 valence electrons. The Bertz CT molecular complexity index is 548. The Hall–Kier alpha value is -1.58. The van der Waals surface area contributed by atoms with Crippen molar-refractivity contribution in [1.29, 1.82) is 5.26 Å². The van der Waals surface area contributed by atoms with Crippen molar-refractivity contribution in [2.75, 3.05) is 32.1 Å². The van der Waals surface area contributed by atoms with E-state index in [0.717, 1.165) is 11.3 Å². The number of amides is 1. The summed E-state index contributed by atoms with van der Waals surface area (Å²) < 4.78 is 5.22. The van der Waals surface area contributed by atoms with Crippen LogP contribution in [0.15, 0.2) is 11.1 Å². The average Bonchev–Trinajstić information content (AvgIpc) is 2.45. The number of nitriles is 1. The molecule has 0 bridgehead atoms. The van der Waals surface area contributed by atoms with Crippen LogP contribution in [0.25, 0.3) is 0 Å². The molecule has 0 radical (unpaired) electrons. The van der Waals surface area contributed by atoms with Crippen molar-refractivity contribution in [2.24, 2.45) is 0 Å². The number of aromatic nitrogens is 1. The molecule has 1 saturated heterocycles. The summed E-state index contributed by atoms with van der Waals surface area (Å²) in [6.45, 7) is 6.27. The minimum atomic E-state index is 0.0724. The van der Waals surface area contributed by atoms with Crippen molar-refractivity contribution in [2.45, 2.75) is 18.9 Å². The highest BCUT2D eigenvalue weighted by Crippen LogP contribution is 2.23. The molecule has 1 aromatic rings. The van der Waals surface area contributed by atoms with Crippen LogP contribution < -0.4 is 0 Å². The molecule has 5 nitrogen and oxygen atoms in total. The quantitative estimate of drug-likeness (QED) is 0.790. The monoisotopic (exact) mass is 291 g/mol. The zero-order valence-corrected chi connectivity index (χ0v) is 12.5. The number of hydrogen-bond acceptors (Lipinski definition) is 5. The lowest BCUT2D eigenvalue weighted by Crippen LogP contribution is -2.41. The van der Waals surface area contributed by atoms with Crippen molar-refractivity contribution < 1.29 is 9.53 Å². The zero-order valence-electron chi connectivity index (χ0n) is 11.7. The third-order valence-electron chi connectivity index (χ3n) is 3.12. The number of morpholine rings is 1. The van der Waals surface area contributed by atoms with Crippen LogP contribution in [0.5, 0.6) is 0 Å². The molecule has 0 aliphatic carbocycles. The summed E-state index contributed by atoms with van der Waals surface area (Å²) in [5, 5.41) is 9.83. The lowest BCUT2D eigenvalue weighted by Gasteiger charge is -2.26. The molecule has 0 spiro atoms. The summed E-state index contributed by atoms with van der Waals surface area (Å²) in [6, 6.07) is 4.05. The Kier molecular flexibility index (Phi) is 4.99. The molecule has 1 aliphatic rings. The summed E-state index contributed by atoms with van der Waals surface area (Å²) in [4.78, 5) is 18.2. The van der Waals surface area contributed by atoms with Crippen LogP contribution in [-0.4, -0.2) is 47.8 Å². The Labute approximate surface area is 122 Å². The molecule has 20 heavy (non-hydrogen) atoms. The molecule has 0 saturated carbocycles. The van der Waals surface area contributed by atoms with Gasteiger partial charge in [0.05, 0.1) is 24.5 Å². The third kappa shape index (κ3) is 3.50. The minimum absolute atomic E-state index is 0.0724. The number of carbonyl (C=O) groups excluding carboxylic acids is 1. The van der Waals surface area contributed by atoms with Crippen LogP contribution in [0.2, 0.25) is 0 Å². The van der Waals surface area contributed by atoms with E-state index in [9.17, 15) is 10.1 Å². The number of aryl methyl sites for hydroxylation is 2. The maximum Gasteiger partial charge on any atom is 0.233 e. The van der Waals surface area contributed by atoms with Crippen molar-refractivity contribution >= 4 is 17.7 Å². The van der Waals surface area contributed by atoms with Crippen LogP contribution in [0.3, 0.4) is 0 Å². The van der Waals surface area contributed by atoms with E-state index in [-0.39, 0.29) is 5.91 Å². The van der Waals surface area contributed by atoms with Crippen LogP contribution in [-0.2, 0) is 9.53 Å². The second-order valence-corrected chi connectivity index (χ2v) is 5.62. The minimum Gasteiger partial charge on any atom is -0.378 e. The molecule has 1 fully saturated rings. The molecule has 6 heteroatoms. The fourth-order valence-corrected chi connectivity index (χ4v) is 3.08. The summed E-state index contributed by atoms with van der Waals surface area (Å²) in [5.41, 5.74) is 2.33. The Morgan fingerprint density at radius 2 is 2.20 bits per heavy atom. The van der Waals surface area contributed by atoms with Gasteiger partial charge in [0.1, 0.15) is 11.1 Å². The van der Waals surface area contributed by atoms with Gasteiger partial charge in [0.15, 0.2) is 0 Å². The number of thioether (sulfide) groups is 1. The smallest absolute Gasteiger partial charge is 0.233 e. The molecular formula is C14H17N3O2S. The average molecular weight is 291 g/mol. The summed E-state index contributed by atoms with van der Waals surface area (Å²) in [6.07, 6.45) is 0. The number of hydrogen-bond donors (Lipinski definition) is 0. The van der Waals surface area contributed by atoms with E-state index in [1.54, 1.807) is 4.90 Å². The van der Waals surface area contributed by atoms with Crippen LogP contribution >= 0.6 is 11.8 Å². The summed E-state index contributed by atoms with van der Waals surface area (Å²) >= 11 is 1.34. The van der Waals surface area contributed by atoms with Gasteiger partial charge < -0.3 is 9.64 Å². The van der Waals surface area contributed by atoms with Crippen molar-refractivity contribution in [3.63, 3.8) is 0 Å². The van der Waals surface area contributed by atoms with E-state index in [0.29, 0.717) is 42.6 Å². The fourth-order valence-electron chi connectivity index (χ4n) is 2.08. The second-order valence-electron chi connectivity index (χ2n) is 4.65. The Morgan fingerprint density at radius 3 is 2.85 bits per heavy atom. The SMILES string of the molecule is Cc1cc(C)c(C#N)c(SCC(=O)N2CCOCC2)n1. The molecule has 0 unspecified atom stereocenters. The molecule has 1 aromatic heterocycles. The van der Waals surface area contributed by atoms with E-state index >= 15 is 0 Å². The van der Waals surface area contributed by atoms with Gasteiger partial charge in [-0.05, 0) is 25.5 Å². The van der Waals surface area contributed by atoms with Gasteiger partial charge in [-0.2, -0.15) is 5.26 Å². The van der Waals surface area contributed by atoms with Crippen LogP contribution in [0.4, 0.5) is 0 Å². The van der Waals surface area contributed by atoms with Gasteiger partial charge in [0.25, 0.3) is 0 Å². The van der Waals surface area contributed by atoms with Gasteiger partial charge >= 0.3 is 0 Å². The van der Waals surface area contributed by atoms with Crippen LogP contribution in [0, 0.1) is 25.2 Å². The lowest BCUT2D eigenvalue weighted by molar-refractivity contribution is -0.132. The lowest BCUT2D eigenvalue weighted by atomic mass is 10.1. The molecule has 0 aromatic carbocycles. The third-order valence-corrected chi connectivity index (χ3v) is 4.08. The van der Waals surface area contributed by atoms with Gasteiger partial charge in [-0.25, -0.2) is 4.98 Å². The normalized spacial score (nSPS) is 14.9. The number of pyridine rings is 1. The number of carbonyl (C=O) groups is 1. The van der Waals surface area contributed by atoms with E-state index in [2.05, 4.69) is 11.1 Å². The Morgan fingerprint density at radius 1 is 1.50 bits per heavy atom. The first-order valence-corrected chi connectivity index (χ1v) is 7.47. The van der Waals surface area contributed by atoms with Crippen LogP contribution in [0.1, 0.15) is 16.8 Å². The largest absolute Gasteiger partial charge is 0.378 e. The predicted octanol–water partition coefficient (Wildman–Crippen LogP) is 1.52. The predicted molar refractivity (Wildman–Crippen MR) is 76.5 cm³/mol. The molecule has 2 heterocycles. The zero-order chi connectivity index (χ0) is 14.5. The summed E-state index contributed by atoms with van der Waals surface area (Å²) in [5.74, 6) is 0.382. The highest BCUT2D eigenvalue weighted by Gasteiger charge is 2.18. The molecule has 1 amide bonds. The van der Waals surface area contributed by atoms with Crippen molar-refractivity contribution in [3.8, 4) is 6.07 Å². The number of rotatable bonds is 3. The maximum atomic E-state index is 12.1. The first-order valence-electron chi connectivity index (χ1n) is 6.48. The standard InChI is InChI=1S/C14H17N3O2S/c1-10-7-11(2)16-14(12(10)8-15)20-9-13(18)17-3-5-19-6-4-17/h7H,3-6,9H2,1-2H3. The van der Waals surface area contributed by atoms with E-state index in [1.807, 2.05) is 19.9 Å². The summed E-state index contributed by atoms with van der Waals surface area (Å²) in [7, 11) is 0. The molecule has 0 atom stereocenters. The molecular weight excluding hydrogens is 274 g/mol. The molecule has 0 N–H and O–H groups in total. The Balaban J connectivity index is 2.03. The van der Waals surface area contributed by atoms with Crippen molar-refractivity contribution in [3.05, 3.63) is 22.9 Å². The van der Waals surface area contributed by atoms with Crippen molar-refractivity contribution in [1.82, 2.24) is 9.88 Å². The van der Waals surface area contributed by atoms with Gasteiger partial charge in [-0.1, -0.05) is 11.8 Å².